The first-order valence-electron chi connectivity index (χ1n) is 6.47. The van der Waals surface area contributed by atoms with Crippen LogP contribution in [0.25, 0.3) is 0 Å². The Balaban J connectivity index is 1.72. The molecule has 2 aromatic rings. The van der Waals surface area contributed by atoms with Crippen molar-refractivity contribution >= 4 is 11.3 Å². The molecule has 1 atom stereocenters. The van der Waals surface area contributed by atoms with Gasteiger partial charge in [0.25, 0.3) is 0 Å². The molecule has 0 bridgehead atoms. The molecule has 0 aliphatic carbocycles. The lowest BCUT2D eigenvalue weighted by molar-refractivity contribution is 0.273. The molecule has 1 heterocycles. The monoisotopic (exact) mass is 276 g/mol. The van der Waals surface area contributed by atoms with Crippen LogP contribution in [0, 0.1) is 13.8 Å². The van der Waals surface area contributed by atoms with E-state index in [2.05, 4.69) is 36.3 Å². The summed E-state index contributed by atoms with van der Waals surface area (Å²) in [6.45, 7) is 7.75. The minimum Gasteiger partial charge on any atom is -0.492 e. The highest BCUT2D eigenvalue weighted by molar-refractivity contribution is 7.11. The zero-order chi connectivity index (χ0) is 13.7. The van der Waals surface area contributed by atoms with Crippen molar-refractivity contribution < 1.29 is 4.74 Å². The van der Waals surface area contributed by atoms with E-state index >= 15 is 0 Å². The van der Waals surface area contributed by atoms with E-state index in [0.717, 1.165) is 17.3 Å². The van der Waals surface area contributed by atoms with Gasteiger partial charge in [0.05, 0.1) is 5.01 Å². The lowest BCUT2D eigenvalue weighted by atomic mass is 10.2. The number of aryl methyl sites for hydroxylation is 2. The maximum absolute atomic E-state index is 5.74. The maximum Gasteiger partial charge on any atom is 0.119 e. The van der Waals surface area contributed by atoms with Gasteiger partial charge in [0, 0.05) is 23.7 Å². The Labute approximate surface area is 118 Å². The van der Waals surface area contributed by atoms with Gasteiger partial charge < -0.3 is 10.1 Å². The molecule has 19 heavy (non-hydrogen) atoms. The van der Waals surface area contributed by atoms with Gasteiger partial charge in [0.2, 0.25) is 0 Å². The highest BCUT2D eigenvalue weighted by Crippen LogP contribution is 2.13. The number of ether oxygens (including phenoxy) is 1. The summed E-state index contributed by atoms with van der Waals surface area (Å²) in [5.41, 5.74) is 1.25. The van der Waals surface area contributed by atoms with Gasteiger partial charge >= 0.3 is 0 Å². The molecule has 1 N–H and O–H groups in total. The molecule has 4 heteroatoms. The summed E-state index contributed by atoms with van der Waals surface area (Å²) >= 11 is 1.73. The van der Waals surface area contributed by atoms with Crippen molar-refractivity contribution in [1.29, 1.82) is 0 Å². The minimum absolute atomic E-state index is 0.309. The van der Waals surface area contributed by atoms with E-state index in [1.165, 1.54) is 10.4 Å². The van der Waals surface area contributed by atoms with Gasteiger partial charge in [0.15, 0.2) is 0 Å². The summed E-state index contributed by atoms with van der Waals surface area (Å²) < 4.78 is 5.74. The van der Waals surface area contributed by atoms with E-state index in [4.69, 9.17) is 4.74 Å². The number of thiazole rings is 1. The topological polar surface area (TPSA) is 34.1 Å². The average Bonchev–Trinajstić information content (AvgIpc) is 2.81. The molecule has 0 aliphatic rings. The van der Waals surface area contributed by atoms with E-state index in [9.17, 15) is 0 Å². The van der Waals surface area contributed by atoms with Gasteiger partial charge in [-0.2, -0.15) is 0 Å². The molecule has 0 spiro atoms. The molecule has 1 aromatic carbocycles. The van der Waals surface area contributed by atoms with Crippen LogP contribution in [-0.2, 0) is 6.54 Å². The number of rotatable bonds is 6. The SMILES string of the molecule is Cc1ccc(OCC(C)NCc2cnc(C)s2)cc1. The van der Waals surface area contributed by atoms with Crippen molar-refractivity contribution in [2.24, 2.45) is 0 Å². The van der Waals surface area contributed by atoms with Crippen molar-refractivity contribution in [2.45, 2.75) is 33.4 Å². The summed E-state index contributed by atoms with van der Waals surface area (Å²) in [4.78, 5) is 5.51. The second kappa shape index (κ2) is 6.68. The van der Waals surface area contributed by atoms with Crippen molar-refractivity contribution in [3.8, 4) is 5.75 Å². The predicted octanol–water partition coefficient (Wildman–Crippen LogP) is 3.32. The van der Waals surface area contributed by atoms with E-state index in [1.54, 1.807) is 11.3 Å². The standard InChI is InChI=1S/C15H20N2OS/c1-11-4-6-14(7-5-11)18-10-12(2)16-8-15-9-17-13(3)19-15/h4-7,9,12,16H,8,10H2,1-3H3. The van der Waals surface area contributed by atoms with E-state index < -0.39 is 0 Å². The molecule has 1 aromatic heterocycles. The molecule has 1 unspecified atom stereocenters. The number of nitrogens with one attached hydrogen (secondary N) is 1. The molecule has 3 nitrogen and oxygen atoms in total. The molecule has 0 radical (unpaired) electrons. The molecule has 0 aliphatic heterocycles. The average molecular weight is 276 g/mol. The lowest BCUT2D eigenvalue weighted by Crippen LogP contribution is -2.31. The molecule has 0 saturated carbocycles. The van der Waals surface area contributed by atoms with Crippen LogP contribution in [0.2, 0.25) is 0 Å². The summed E-state index contributed by atoms with van der Waals surface area (Å²) in [5.74, 6) is 0.924. The molecular formula is C15H20N2OS. The third-order valence-electron chi connectivity index (χ3n) is 2.81. The third kappa shape index (κ3) is 4.65. The fourth-order valence-electron chi connectivity index (χ4n) is 1.68. The highest BCUT2D eigenvalue weighted by Gasteiger charge is 2.04. The summed E-state index contributed by atoms with van der Waals surface area (Å²) in [7, 11) is 0. The quantitative estimate of drug-likeness (QED) is 0.879. The van der Waals surface area contributed by atoms with E-state index in [0.29, 0.717) is 12.6 Å². The minimum atomic E-state index is 0.309. The van der Waals surface area contributed by atoms with Crippen LogP contribution >= 0.6 is 11.3 Å². The molecule has 0 amide bonds. The van der Waals surface area contributed by atoms with Gasteiger partial charge in [0.1, 0.15) is 12.4 Å². The Kier molecular flexibility index (Phi) is 4.93. The lowest BCUT2D eigenvalue weighted by Gasteiger charge is -2.14. The first-order chi connectivity index (χ1) is 9.13. The normalized spacial score (nSPS) is 12.4. The fraction of sp³-hybridized carbons (Fsp3) is 0.400. The smallest absolute Gasteiger partial charge is 0.119 e. The number of benzene rings is 1. The van der Waals surface area contributed by atoms with Gasteiger partial charge in [-0.05, 0) is 32.9 Å². The van der Waals surface area contributed by atoms with E-state index in [1.807, 2.05) is 25.3 Å². The Morgan fingerprint density at radius 3 is 2.63 bits per heavy atom. The summed E-state index contributed by atoms with van der Waals surface area (Å²) in [6, 6.07) is 8.45. The van der Waals surface area contributed by atoms with Crippen molar-refractivity contribution in [2.75, 3.05) is 6.61 Å². The summed E-state index contributed by atoms with van der Waals surface area (Å²) in [6.07, 6.45) is 1.93. The highest BCUT2D eigenvalue weighted by atomic mass is 32.1. The van der Waals surface area contributed by atoms with Gasteiger partial charge in [-0.3, -0.25) is 0 Å². The Hall–Kier alpha value is -1.39. The van der Waals surface area contributed by atoms with Crippen LogP contribution in [0.5, 0.6) is 5.75 Å². The van der Waals surface area contributed by atoms with Crippen LogP contribution in [0.4, 0.5) is 0 Å². The van der Waals surface area contributed by atoms with Gasteiger partial charge in [-0.1, -0.05) is 17.7 Å². The molecule has 2 rings (SSSR count). The number of nitrogens with zero attached hydrogens (tertiary/aromatic N) is 1. The second-order valence-electron chi connectivity index (χ2n) is 4.75. The van der Waals surface area contributed by atoms with E-state index in [-0.39, 0.29) is 0 Å². The van der Waals surface area contributed by atoms with Gasteiger partial charge in [-0.15, -0.1) is 11.3 Å². The molecular weight excluding hydrogens is 256 g/mol. The largest absolute Gasteiger partial charge is 0.492 e. The Morgan fingerprint density at radius 2 is 2.00 bits per heavy atom. The first kappa shape index (κ1) is 14.0. The Bertz CT molecular complexity index is 507. The predicted molar refractivity (Wildman–Crippen MR) is 79.8 cm³/mol. The number of aromatic nitrogens is 1. The number of hydrogen-bond acceptors (Lipinski definition) is 4. The van der Waals surface area contributed by atoms with Crippen molar-refractivity contribution in [3.63, 3.8) is 0 Å². The molecule has 0 saturated heterocycles. The zero-order valence-electron chi connectivity index (χ0n) is 11.6. The molecule has 0 fully saturated rings. The Morgan fingerprint density at radius 1 is 1.26 bits per heavy atom. The number of hydrogen-bond donors (Lipinski definition) is 1. The van der Waals surface area contributed by atoms with Crippen LogP contribution < -0.4 is 10.1 Å². The maximum atomic E-state index is 5.74. The zero-order valence-corrected chi connectivity index (χ0v) is 12.5. The van der Waals surface area contributed by atoms with Crippen molar-refractivity contribution in [3.05, 3.63) is 45.9 Å². The van der Waals surface area contributed by atoms with Crippen LogP contribution in [0.3, 0.4) is 0 Å². The fourth-order valence-corrected chi connectivity index (χ4v) is 2.42. The summed E-state index contributed by atoms with van der Waals surface area (Å²) in [5, 5.41) is 4.55. The first-order valence-corrected chi connectivity index (χ1v) is 7.29. The third-order valence-corrected chi connectivity index (χ3v) is 3.73. The second-order valence-corrected chi connectivity index (χ2v) is 6.07. The van der Waals surface area contributed by atoms with Crippen LogP contribution in [0.1, 0.15) is 22.4 Å². The van der Waals surface area contributed by atoms with Crippen molar-refractivity contribution in [1.82, 2.24) is 10.3 Å². The van der Waals surface area contributed by atoms with Crippen LogP contribution in [0.15, 0.2) is 30.5 Å². The molecule has 102 valence electrons. The van der Waals surface area contributed by atoms with Crippen LogP contribution in [-0.4, -0.2) is 17.6 Å². The van der Waals surface area contributed by atoms with Gasteiger partial charge in [-0.25, -0.2) is 4.98 Å².